The van der Waals surface area contributed by atoms with Crippen LogP contribution in [0, 0.1) is 6.92 Å². The normalized spacial score (nSPS) is 10.8. The molecule has 0 saturated carbocycles. The van der Waals surface area contributed by atoms with Crippen molar-refractivity contribution in [2.45, 2.75) is 13.5 Å². The zero-order valence-electron chi connectivity index (χ0n) is 11.6. The molecule has 2 aromatic heterocycles. The summed E-state index contributed by atoms with van der Waals surface area (Å²) in [4.78, 5) is 30.8. The average Bonchev–Trinajstić information content (AvgIpc) is 2.90. The van der Waals surface area contributed by atoms with E-state index in [0.29, 0.717) is 11.6 Å². The highest BCUT2D eigenvalue weighted by Gasteiger charge is 2.14. The Morgan fingerprint density at radius 2 is 2.18 bits per heavy atom. The number of carbonyl (C=O) groups is 1. The van der Waals surface area contributed by atoms with Gasteiger partial charge in [-0.1, -0.05) is 18.2 Å². The molecule has 0 unspecified atom stereocenters. The molecule has 8 heteroatoms. The van der Waals surface area contributed by atoms with Crippen molar-refractivity contribution in [3.05, 3.63) is 57.8 Å². The number of aromatic carboxylic acids is 1. The number of aromatic nitrogens is 4. The lowest BCUT2D eigenvalue weighted by Gasteiger charge is -2.06. The number of hydrogen-bond acceptors (Lipinski definition) is 5. The van der Waals surface area contributed by atoms with Crippen LogP contribution in [0.25, 0.3) is 5.78 Å². The van der Waals surface area contributed by atoms with Gasteiger partial charge in [-0.05, 0) is 18.6 Å². The summed E-state index contributed by atoms with van der Waals surface area (Å²) < 4.78 is 6.60. The maximum absolute atomic E-state index is 11.9. The molecular formula is C14H12N4O4. The van der Waals surface area contributed by atoms with Gasteiger partial charge in [0, 0.05) is 0 Å². The van der Waals surface area contributed by atoms with E-state index < -0.39 is 17.1 Å². The number of H-pyrrole nitrogens is 1. The van der Waals surface area contributed by atoms with Crippen molar-refractivity contribution >= 4 is 11.7 Å². The van der Waals surface area contributed by atoms with Gasteiger partial charge in [0.15, 0.2) is 5.82 Å². The van der Waals surface area contributed by atoms with Crippen LogP contribution >= 0.6 is 0 Å². The molecule has 2 N–H and O–H groups in total. The van der Waals surface area contributed by atoms with Crippen LogP contribution in [-0.2, 0) is 6.61 Å². The lowest BCUT2D eigenvalue weighted by atomic mass is 10.2. The number of aromatic amines is 1. The first kappa shape index (κ1) is 13.8. The molecular weight excluding hydrogens is 288 g/mol. The van der Waals surface area contributed by atoms with Gasteiger partial charge in [-0.3, -0.25) is 9.89 Å². The molecule has 0 atom stereocenters. The molecule has 0 amide bonds. The number of benzene rings is 1. The number of ether oxygens (including phenoxy) is 1. The van der Waals surface area contributed by atoms with Gasteiger partial charge in [-0.25, -0.2) is 9.78 Å². The second-order valence-electron chi connectivity index (χ2n) is 4.64. The lowest BCUT2D eigenvalue weighted by molar-refractivity contribution is 0.0694. The second-order valence-corrected chi connectivity index (χ2v) is 4.64. The average molecular weight is 300 g/mol. The summed E-state index contributed by atoms with van der Waals surface area (Å²) in [6, 6.07) is 7.50. The standard InChI is InChI=1S/C14H12N4O4/c1-8-4-2-3-5-10(8)22-7-11-16-14-15-6-9(13(20)21)12(19)18(14)17-11/h2-6H,7H2,1H3,(H,20,21)(H,15,16,17). The van der Waals surface area contributed by atoms with Gasteiger partial charge < -0.3 is 9.84 Å². The Hall–Kier alpha value is -3.16. The maximum Gasteiger partial charge on any atom is 0.343 e. The fraction of sp³-hybridized carbons (Fsp3) is 0.143. The van der Waals surface area contributed by atoms with Crippen LogP contribution in [0.5, 0.6) is 5.75 Å². The summed E-state index contributed by atoms with van der Waals surface area (Å²) >= 11 is 0. The number of aryl methyl sites for hydroxylation is 1. The number of hydrogen-bond donors (Lipinski definition) is 2. The van der Waals surface area contributed by atoms with Crippen LogP contribution in [0.3, 0.4) is 0 Å². The van der Waals surface area contributed by atoms with E-state index in [9.17, 15) is 9.59 Å². The fourth-order valence-electron chi connectivity index (χ4n) is 1.98. The number of nitrogens with one attached hydrogen (secondary N) is 1. The third kappa shape index (κ3) is 2.41. The van der Waals surface area contributed by atoms with Crippen LogP contribution in [0.15, 0.2) is 35.3 Å². The lowest BCUT2D eigenvalue weighted by Crippen LogP contribution is -2.23. The van der Waals surface area contributed by atoms with Gasteiger partial charge in [0.25, 0.3) is 11.3 Å². The molecule has 8 nitrogen and oxygen atoms in total. The van der Waals surface area contributed by atoms with Gasteiger partial charge in [-0.2, -0.15) is 9.50 Å². The van der Waals surface area contributed by atoms with Gasteiger partial charge in [0.05, 0.1) is 6.20 Å². The number of fused-ring (bicyclic) bond motifs is 1. The van der Waals surface area contributed by atoms with Crippen LogP contribution in [0.1, 0.15) is 21.7 Å². The smallest absolute Gasteiger partial charge is 0.343 e. The molecule has 2 heterocycles. The summed E-state index contributed by atoms with van der Waals surface area (Å²) in [5.41, 5.74) is -0.165. The van der Waals surface area contributed by atoms with E-state index in [1.165, 1.54) is 0 Å². The Balaban J connectivity index is 1.90. The largest absolute Gasteiger partial charge is 0.485 e. The minimum atomic E-state index is -1.33. The van der Waals surface area contributed by atoms with Crippen LogP contribution in [-0.4, -0.2) is 30.7 Å². The van der Waals surface area contributed by atoms with Crippen molar-refractivity contribution in [1.29, 1.82) is 0 Å². The van der Waals surface area contributed by atoms with Crippen molar-refractivity contribution in [3.8, 4) is 5.75 Å². The highest BCUT2D eigenvalue weighted by molar-refractivity contribution is 5.86. The van der Waals surface area contributed by atoms with E-state index in [-0.39, 0.29) is 12.4 Å². The second kappa shape index (κ2) is 5.32. The summed E-state index contributed by atoms with van der Waals surface area (Å²) in [6.45, 7) is 2.02. The van der Waals surface area contributed by atoms with E-state index in [1.54, 1.807) is 0 Å². The zero-order chi connectivity index (χ0) is 15.7. The van der Waals surface area contributed by atoms with Crippen molar-refractivity contribution in [2.24, 2.45) is 0 Å². The summed E-state index contributed by atoms with van der Waals surface area (Å²) in [7, 11) is 0. The van der Waals surface area contributed by atoms with Crippen molar-refractivity contribution in [2.75, 3.05) is 0 Å². The molecule has 0 saturated heterocycles. The Morgan fingerprint density at radius 1 is 1.41 bits per heavy atom. The molecule has 0 spiro atoms. The van der Waals surface area contributed by atoms with E-state index in [2.05, 4.69) is 15.1 Å². The van der Waals surface area contributed by atoms with Crippen molar-refractivity contribution in [3.63, 3.8) is 0 Å². The third-order valence-corrected chi connectivity index (χ3v) is 3.11. The van der Waals surface area contributed by atoms with Crippen LogP contribution in [0.4, 0.5) is 0 Å². The van der Waals surface area contributed by atoms with E-state index in [0.717, 1.165) is 16.3 Å². The van der Waals surface area contributed by atoms with Gasteiger partial charge in [-0.15, -0.1) is 0 Å². The molecule has 1 aromatic carbocycles. The van der Waals surface area contributed by atoms with Crippen LogP contribution < -0.4 is 10.3 Å². The zero-order valence-corrected chi connectivity index (χ0v) is 11.6. The number of para-hydroxylation sites is 1. The Bertz CT molecular complexity index is 913. The molecule has 0 bridgehead atoms. The van der Waals surface area contributed by atoms with Gasteiger partial charge in [0.2, 0.25) is 0 Å². The van der Waals surface area contributed by atoms with Gasteiger partial charge in [0.1, 0.15) is 17.9 Å². The molecule has 0 fully saturated rings. The van der Waals surface area contributed by atoms with E-state index >= 15 is 0 Å². The molecule has 0 aliphatic rings. The van der Waals surface area contributed by atoms with Crippen LogP contribution in [0.2, 0.25) is 0 Å². The number of nitrogens with zero attached hydrogens (tertiary/aromatic N) is 3. The van der Waals surface area contributed by atoms with Crippen molar-refractivity contribution in [1.82, 2.24) is 19.6 Å². The number of rotatable bonds is 4. The number of carboxylic acids is 1. The first-order valence-electron chi connectivity index (χ1n) is 6.44. The molecule has 3 aromatic rings. The Kier molecular flexibility index (Phi) is 3.34. The fourth-order valence-corrected chi connectivity index (χ4v) is 1.98. The van der Waals surface area contributed by atoms with E-state index in [1.807, 2.05) is 31.2 Å². The predicted octanol–water partition coefficient (Wildman–Crippen LogP) is 1.00. The highest BCUT2D eigenvalue weighted by atomic mass is 16.5. The molecule has 0 radical (unpaired) electrons. The van der Waals surface area contributed by atoms with E-state index in [4.69, 9.17) is 9.84 Å². The summed E-state index contributed by atoms with van der Waals surface area (Å²) in [6.07, 6.45) is 0.993. The van der Waals surface area contributed by atoms with Gasteiger partial charge >= 0.3 is 5.97 Å². The first-order valence-corrected chi connectivity index (χ1v) is 6.44. The Morgan fingerprint density at radius 3 is 2.91 bits per heavy atom. The molecule has 112 valence electrons. The topological polar surface area (TPSA) is 110 Å². The Labute approximate surface area is 124 Å². The van der Waals surface area contributed by atoms with Crippen molar-refractivity contribution < 1.29 is 14.6 Å². The third-order valence-electron chi connectivity index (χ3n) is 3.11. The SMILES string of the molecule is Cc1ccccc1OCc1nc2ncc(C(=O)O)c(=O)n2[nH]1. The molecule has 3 rings (SSSR count). The molecule has 22 heavy (non-hydrogen) atoms. The minimum Gasteiger partial charge on any atom is -0.485 e. The molecule has 0 aliphatic carbocycles. The summed E-state index contributed by atoms with van der Waals surface area (Å²) in [5, 5.41) is 11.6. The highest BCUT2D eigenvalue weighted by Crippen LogP contribution is 2.17. The minimum absolute atomic E-state index is 0.0957. The predicted molar refractivity (Wildman–Crippen MR) is 76.1 cm³/mol. The first-order chi connectivity index (χ1) is 10.6. The molecule has 0 aliphatic heterocycles. The summed E-state index contributed by atoms with van der Waals surface area (Å²) in [5.74, 6) is -0.164. The monoisotopic (exact) mass is 300 g/mol. The quantitative estimate of drug-likeness (QED) is 0.744. The number of carboxylic acid groups (broad SMARTS) is 1. The maximum atomic E-state index is 11.9.